The molecular weight excluding hydrogens is 529 g/mol. The number of carboxylic acid groups (broad SMARTS) is 1. The van der Waals surface area contributed by atoms with E-state index in [4.69, 9.17) is 4.84 Å². The average molecular weight is 562 g/mol. The van der Waals surface area contributed by atoms with E-state index in [2.05, 4.69) is 10.1 Å². The molecular formula is C30H32FN5O5. The number of halogens is 1. The van der Waals surface area contributed by atoms with E-state index < -0.39 is 17.2 Å². The van der Waals surface area contributed by atoms with Gasteiger partial charge in [-0.3, -0.25) is 14.5 Å². The molecule has 0 bridgehead atoms. The summed E-state index contributed by atoms with van der Waals surface area (Å²) in [6, 6.07) is 10.6. The third kappa shape index (κ3) is 5.06. The van der Waals surface area contributed by atoms with Crippen molar-refractivity contribution in [1.82, 2.24) is 9.47 Å². The van der Waals surface area contributed by atoms with E-state index in [1.165, 1.54) is 12.3 Å². The number of aromatic carboxylic acids is 1. The molecule has 2 aliphatic heterocycles. The van der Waals surface area contributed by atoms with E-state index in [0.29, 0.717) is 43.2 Å². The lowest BCUT2D eigenvalue weighted by molar-refractivity contribution is -0.112. The summed E-state index contributed by atoms with van der Waals surface area (Å²) in [6.45, 7) is 6.23. The molecule has 41 heavy (non-hydrogen) atoms. The fourth-order valence-corrected chi connectivity index (χ4v) is 5.77. The van der Waals surface area contributed by atoms with Crippen LogP contribution in [-0.2, 0) is 9.63 Å². The molecule has 1 saturated heterocycles. The summed E-state index contributed by atoms with van der Waals surface area (Å²) in [7, 11) is 0. The number of carbonyl (C=O) groups is 2. The Bertz CT molecular complexity index is 1610. The van der Waals surface area contributed by atoms with Gasteiger partial charge in [0.2, 0.25) is 5.43 Å². The third-order valence-corrected chi connectivity index (χ3v) is 8.02. The zero-order chi connectivity index (χ0) is 28.7. The van der Waals surface area contributed by atoms with Gasteiger partial charge in [0.1, 0.15) is 18.0 Å². The predicted molar refractivity (Wildman–Crippen MR) is 154 cm³/mol. The molecule has 10 nitrogen and oxygen atoms in total. The van der Waals surface area contributed by atoms with Crippen LogP contribution < -0.4 is 15.2 Å². The molecule has 0 spiro atoms. The van der Waals surface area contributed by atoms with E-state index >= 15 is 4.39 Å². The Hall–Kier alpha value is -4.25. The molecule has 2 fully saturated rings. The Kier molecular flexibility index (Phi) is 7.21. The maximum Gasteiger partial charge on any atom is 0.341 e. The molecule has 1 N–H and O–H groups in total. The molecule has 1 aliphatic carbocycles. The van der Waals surface area contributed by atoms with Crippen LogP contribution in [0.4, 0.5) is 15.8 Å². The number of hydrogen-bond acceptors (Lipinski definition) is 7. The number of nitrogens with zero attached hydrogens (tertiary/aromatic N) is 5. The van der Waals surface area contributed by atoms with Crippen LogP contribution in [-0.4, -0.2) is 78.0 Å². The minimum Gasteiger partial charge on any atom is -0.477 e. The highest BCUT2D eigenvalue weighted by molar-refractivity contribution is 6.54. The highest BCUT2D eigenvalue weighted by atomic mass is 19.1. The van der Waals surface area contributed by atoms with E-state index in [1.54, 1.807) is 11.0 Å². The Morgan fingerprint density at radius 2 is 1.83 bits per heavy atom. The average Bonchev–Trinajstić information content (AvgIpc) is 3.78. The van der Waals surface area contributed by atoms with Gasteiger partial charge in [0.05, 0.1) is 16.9 Å². The molecule has 1 aromatic heterocycles. The first kappa shape index (κ1) is 26.9. The van der Waals surface area contributed by atoms with E-state index in [-0.39, 0.29) is 22.9 Å². The molecule has 1 saturated carbocycles. The standard InChI is InChI=1S/C30H32FN5O5/c1-2-41-32-27-20-6-3-4-7-24(20)35(29(27)38)11-5-10-33-12-14-34(15-13-33)26-17-25-21(16-23(26)31)28(37)22(30(39)40)18-36(25)19-8-9-19/h3-4,6-7,16-19H,2,5,8-15H2,1H3,(H,39,40)/b32-27+. The van der Waals surface area contributed by atoms with Crippen molar-refractivity contribution in [2.45, 2.75) is 32.2 Å². The van der Waals surface area contributed by atoms with Crippen molar-refractivity contribution in [3.8, 4) is 0 Å². The second kappa shape index (κ2) is 11.0. The van der Waals surface area contributed by atoms with E-state index in [1.807, 2.05) is 40.7 Å². The smallest absolute Gasteiger partial charge is 0.341 e. The van der Waals surface area contributed by atoms with Gasteiger partial charge in [-0.1, -0.05) is 23.4 Å². The van der Waals surface area contributed by atoms with Crippen molar-refractivity contribution < 1.29 is 23.9 Å². The number of benzene rings is 2. The van der Waals surface area contributed by atoms with Crippen LogP contribution in [0.2, 0.25) is 0 Å². The van der Waals surface area contributed by atoms with Gasteiger partial charge < -0.3 is 24.3 Å². The van der Waals surface area contributed by atoms with Gasteiger partial charge in [0.25, 0.3) is 5.91 Å². The van der Waals surface area contributed by atoms with Crippen LogP contribution in [0.15, 0.2) is 52.5 Å². The second-order valence-corrected chi connectivity index (χ2v) is 10.7. The molecule has 3 heterocycles. The van der Waals surface area contributed by atoms with Crippen LogP contribution in [0.1, 0.15) is 48.1 Å². The topological polar surface area (TPSA) is 108 Å². The molecule has 214 valence electrons. The van der Waals surface area contributed by atoms with Crippen LogP contribution in [0.3, 0.4) is 0 Å². The number of carbonyl (C=O) groups excluding carboxylic acids is 1. The van der Waals surface area contributed by atoms with Crippen molar-refractivity contribution in [1.29, 1.82) is 0 Å². The zero-order valence-electron chi connectivity index (χ0n) is 22.9. The SMILES string of the molecule is CCO/N=C1/C(=O)N(CCCN2CCN(c3cc4c(cc3F)c(=O)c(C(=O)O)cn4C3CC3)CC2)c2ccccc21. The van der Waals surface area contributed by atoms with Gasteiger partial charge in [0.15, 0.2) is 5.71 Å². The first-order valence-electron chi connectivity index (χ1n) is 14.1. The van der Waals surface area contributed by atoms with Crippen LogP contribution in [0.25, 0.3) is 10.9 Å². The summed E-state index contributed by atoms with van der Waals surface area (Å²) in [5.74, 6) is -1.98. The van der Waals surface area contributed by atoms with E-state index in [9.17, 15) is 19.5 Å². The summed E-state index contributed by atoms with van der Waals surface area (Å²) in [6.07, 6.45) is 3.97. The first-order chi connectivity index (χ1) is 19.9. The monoisotopic (exact) mass is 561 g/mol. The number of carboxylic acids is 1. The Morgan fingerprint density at radius 3 is 2.54 bits per heavy atom. The molecule has 11 heteroatoms. The number of amides is 1. The number of hydrogen-bond donors (Lipinski definition) is 1. The number of aromatic nitrogens is 1. The van der Waals surface area contributed by atoms with Crippen molar-refractivity contribution in [2.24, 2.45) is 5.16 Å². The fraction of sp³-hybridized carbons (Fsp3) is 0.400. The number of piperazine rings is 1. The fourth-order valence-electron chi connectivity index (χ4n) is 5.77. The number of anilines is 2. The quantitative estimate of drug-likeness (QED) is 0.399. The number of fused-ring (bicyclic) bond motifs is 2. The third-order valence-electron chi connectivity index (χ3n) is 8.02. The number of oxime groups is 1. The van der Waals surface area contributed by atoms with Gasteiger partial charge in [-0.2, -0.15) is 0 Å². The molecule has 1 amide bonds. The Labute approximate surface area is 236 Å². The summed E-state index contributed by atoms with van der Waals surface area (Å²) < 4.78 is 17.1. The highest BCUT2D eigenvalue weighted by Gasteiger charge is 2.34. The molecule has 6 rings (SSSR count). The molecule has 2 aromatic carbocycles. The summed E-state index contributed by atoms with van der Waals surface area (Å²) in [4.78, 5) is 48.6. The Balaban J connectivity index is 1.11. The Morgan fingerprint density at radius 1 is 1.07 bits per heavy atom. The second-order valence-electron chi connectivity index (χ2n) is 10.7. The van der Waals surface area contributed by atoms with Gasteiger partial charge in [-0.15, -0.1) is 0 Å². The normalized spacial score (nSPS) is 18.4. The number of rotatable bonds is 9. The van der Waals surface area contributed by atoms with Crippen LogP contribution in [0, 0.1) is 5.82 Å². The van der Waals surface area contributed by atoms with Crippen LogP contribution >= 0.6 is 0 Å². The molecule has 0 atom stereocenters. The zero-order valence-corrected chi connectivity index (χ0v) is 22.9. The lowest BCUT2D eigenvalue weighted by atomic mass is 10.1. The number of pyridine rings is 1. The first-order valence-corrected chi connectivity index (χ1v) is 14.1. The van der Waals surface area contributed by atoms with Gasteiger partial charge in [-0.05, 0) is 50.9 Å². The minimum absolute atomic E-state index is 0.101. The van der Waals surface area contributed by atoms with Gasteiger partial charge in [-0.25, -0.2) is 9.18 Å². The molecule has 0 radical (unpaired) electrons. The van der Waals surface area contributed by atoms with Gasteiger partial charge >= 0.3 is 5.97 Å². The van der Waals surface area contributed by atoms with Crippen molar-refractivity contribution >= 4 is 39.9 Å². The minimum atomic E-state index is -1.30. The van der Waals surface area contributed by atoms with Crippen molar-refractivity contribution in [2.75, 3.05) is 55.7 Å². The van der Waals surface area contributed by atoms with Crippen molar-refractivity contribution in [3.63, 3.8) is 0 Å². The molecule has 3 aromatic rings. The van der Waals surface area contributed by atoms with Gasteiger partial charge in [0, 0.05) is 55.9 Å². The molecule has 3 aliphatic rings. The summed E-state index contributed by atoms with van der Waals surface area (Å²) in [5.41, 5.74) is 1.96. The largest absolute Gasteiger partial charge is 0.477 e. The maximum atomic E-state index is 15.3. The maximum absolute atomic E-state index is 15.3. The van der Waals surface area contributed by atoms with E-state index in [0.717, 1.165) is 50.1 Å². The lowest BCUT2D eigenvalue weighted by Gasteiger charge is -2.36. The summed E-state index contributed by atoms with van der Waals surface area (Å²) >= 11 is 0. The lowest BCUT2D eigenvalue weighted by Crippen LogP contribution is -2.47. The summed E-state index contributed by atoms with van der Waals surface area (Å²) in [5, 5.41) is 13.6. The highest BCUT2D eigenvalue weighted by Crippen LogP contribution is 2.38. The molecule has 0 unspecified atom stereocenters. The van der Waals surface area contributed by atoms with Crippen molar-refractivity contribution in [3.05, 3.63) is 69.8 Å². The number of para-hydroxylation sites is 1. The predicted octanol–water partition coefficient (Wildman–Crippen LogP) is 3.47. The van der Waals surface area contributed by atoms with Crippen LogP contribution in [0.5, 0.6) is 0 Å².